The Hall–Kier alpha value is -2.42. The molecule has 115 valence electrons. The predicted molar refractivity (Wildman–Crippen MR) is 95.3 cm³/mol. The molecule has 4 rings (SSSR count). The Kier molecular flexibility index (Phi) is 3.93. The van der Waals surface area contributed by atoms with E-state index in [9.17, 15) is 0 Å². The molecule has 1 fully saturated rings. The lowest BCUT2D eigenvalue weighted by Crippen LogP contribution is -2.26. The van der Waals surface area contributed by atoms with Crippen molar-refractivity contribution in [2.24, 2.45) is 0 Å². The molecular weight excluding hydrogens is 282 g/mol. The predicted octanol–water partition coefficient (Wildman–Crippen LogP) is 4.49. The maximum atomic E-state index is 4.82. The van der Waals surface area contributed by atoms with E-state index >= 15 is 0 Å². The van der Waals surface area contributed by atoms with Crippen LogP contribution in [0.5, 0.6) is 0 Å². The van der Waals surface area contributed by atoms with Crippen LogP contribution >= 0.6 is 0 Å². The summed E-state index contributed by atoms with van der Waals surface area (Å²) >= 11 is 0. The van der Waals surface area contributed by atoms with Gasteiger partial charge in [0.1, 0.15) is 0 Å². The van der Waals surface area contributed by atoms with Crippen LogP contribution in [0.3, 0.4) is 0 Å². The van der Waals surface area contributed by atoms with E-state index in [-0.39, 0.29) is 0 Å². The van der Waals surface area contributed by atoms with E-state index in [0.29, 0.717) is 0 Å². The molecule has 1 radical (unpaired) electrons. The lowest BCUT2D eigenvalue weighted by atomic mass is 10.1. The lowest BCUT2D eigenvalue weighted by molar-refractivity contribution is 0.762. The topological polar surface area (TPSA) is 29.0 Å². The fraction of sp³-hybridized carbons (Fsp3) is 0.250. The molecule has 2 aromatic carbocycles. The van der Waals surface area contributed by atoms with Gasteiger partial charge < -0.3 is 4.90 Å². The molecule has 0 saturated carbocycles. The number of rotatable bonds is 2. The molecule has 1 aliphatic heterocycles. The minimum absolute atomic E-state index is 0.853. The van der Waals surface area contributed by atoms with Gasteiger partial charge in [0.15, 0.2) is 0 Å². The number of aromatic nitrogens is 2. The minimum atomic E-state index is 0.853. The van der Waals surface area contributed by atoms with Crippen molar-refractivity contribution < 1.29 is 0 Å². The van der Waals surface area contributed by atoms with Crippen LogP contribution in [0, 0.1) is 6.42 Å². The van der Waals surface area contributed by atoms with Crippen LogP contribution in [0.4, 0.5) is 5.95 Å². The Labute approximate surface area is 137 Å². The second-order valence-electron chi connectivity index (χ2n) is 6.01. The van der Waals surface area contributed by atoms with Crippen molar-refractivity contribution >= 4 is 16.7 Å². The average molecular weight is 302 g/mol. The number of fused-ring (bicyclic) bond motifs is 1. The molecule has 0 aliphatic carbocycles. The summed E-state index contributed by atoms with van der Waals surface area (Å²) in [6, 6.07) is 16.9. The Morgan fingerprint density at radius 1 is 0.870 bits per heavy atom. The molecule has 0 N–H and O–H groups in total. The van der Waals surface area contributed by atoms with Crippen LogP contribution in [-0.4, -0.2) is 23.1 Å². The van der Waals surface area contributed by atoms with Gasteiger partial charge in [-0.25, -0.2) is 9.97 Å². The van der Waals surface area contributed by atoms with Crippen LogP contribution in [-0.2, 0) is 0 Å². The summed E-state index contributed by atoms with van der Waals surface area (Å²) in [5.74, 6) is 0.853. The maximum absolute atomic E-state index is 4.82. The van der Waals surface area contributed by atoms with Gasteiger partial charge in [-0.05, 0) is 48.6 Å². The quantitative estimate of drug-likeness (QED) is 0.698. The first-order chi connectivity index (χ1) is 11.4. The third kappa shape index (κ3) is 3.04. The zero-order chi connectivity index (χ0) is 15.5. The average Bonchev–Trinajstić information content (AvgIpc) is 2.91. The molecule has 1 saturated heterocycles. The van der Waals surface area contributed by atoms with Crippen molar-refractivity contribution in [3.8, 4) is 11.3 Å². The van der Waals surface area contributed by atoms with E-state index < -0.39 is 0 Å². The maximum Gasteiger partial charge on any atom is 0.225 e. The summed E-state index contributed by atoms with van der Waals surface area (Å²) in [5.41, 5.74) is 2.14. The summed E-state index contributed by atoms with van der Waals surface area (Å²) in [4.78, 5) is 11.6. The van der Waals surface area contributed by atoms with Crippen molar-refractivity contribution in [3.63, 3.8) is 0 Å². The second kappa shape index (κ2) is 6.37. The summed E-state index contributed by atoms with van der Waals surface area (Å²) in [6.45, 7) is 2.05. The van der Waals surface area contributed by atoms with Crippen LogP contribution in [0.2, 0.25) is 0 Å². The summed E-state index contributed by atoms with van der Waals surface area (Å²) in [5, 5.41) is 2.50. The van der Waals surface area contributed by atoms with Gasteiger partial charge in [0.05, 0.1) is 5.69 Å². The standard InChI is InChI=1S/C20H20N3/c1-2-6-14-23(13-5-1)20-21-12-11-19(22-20)18-10-9-16-7-3-4-8-17(16)15-18/h1,3-4,7-12,15H,2,5-6,13-14H2. The number of benzene rings is 2. The Morgan fingerprint density at radius 3 is 2.74 bits per heavy atom. The number of nitrogens with zero attached hydrogens (tertiary/aromatic N) is 3. The molecule has 1 aliphatic rings. The summed E-state index contributed by atoms with van der Waals surface area (Å²) in [6.07, 6.45) is 7.74. The highest BCUT2D eigenvalue weighted by atomic mass is 15.2. The van der Waals surface area contributed by atoms with Crippen LogP contribution < -0.4 is 4.90 Å². The van der Waals surface area contributed by atoms with Gasteiger partial charge >= 0.3 is 0 Å². The fourth-order valence-electron chi connectivity index (χ4n) is 3.14. The first-order valence-corrected chi connectivity index (χ1v) is 8.29. The van der Waals surface area contributed by atoms with E-state index in [4.69, 9.17) is 4.98 Å². The SMILES string of the molecule is [CH]1CCCN(c2nccc(-c3ccc4ccccc4c3)n2)CC1. The third-order valence-corrected chi connectivity index (χ3v) is 4.41. The Bertz CT molecular complexity index is 805. The van der Waals surface area contributed by atoms with Crippen molar-refractivity contribution in [2.45, 2.75) is 19.3 Å². The van der Waals surface area contributed by atoms with Crippen molar-refractivity contribution in [2.75, 3.05) is 18.0 Å². The largest absolute Gasteiger partial charge is 0.341 e. The first kappa shape index (κ1) is 14.2. The highest BCUT2D eigenvalue weighted by Gasteiger charge is 2.13. The molecule has 0 amide bonds. The second-order valence-corrected chi connectivity index (χ2v) is 6.01. The number of hydrogen-bond donors (Lipinski definition) is 0. The lowest BCUT2D eigenvalue weighted by Gasteiger charge is -2.20. The molecule has 0 spiro atoms. The number of anilines is 1. The fourth-order valence-corrected chi connectivity index (χ4v) is 3.14. The zero-order valence-electron chi connectivity index (χ0n) is 13.2. The Balaban J connectivity index is 1.69. The van der Waals surface area contributed by atoms with Crippen molar-refractivity contribution in [3.05, 3.63) is 61.1 Å². The van der Waals surface area contributed by atoms with E-state index in [2.05, 4.69) is 58.8 Å². The van der Waals surface area contributed by atoms with E-state index in [0.717, 1.165) is 36.7 Å². The van der Waals surface area contributed by atoms with Crippen molar-refractivity contribution in [1.29, 1.82) is 0 Å². The zero-order valence-corrected chi connectivity index (χ0v) is 13.2. The van der Waals surface area contributed by atoms with E-state index in [1.165, 1.54) is 23.6 Å². The third-order valence-electron chi connectivity index (χ3n) is 4.41. The van der Waals surface area contributed by atoms with Crippen LogP contribution in [0.15, 0.2) is 54.7 Å². The highest BCUT2D eigenvalue weighted by molar-refractivity contribution is 5.86. The molecule has 0 atom stereocenters. The van der Waals surface area contributed by atoms with Crippen LogP contribution in [0.25, 0.3) is 22.0 Å². The van der Waals surface area contributed by atoms with E-state index in [1.54, 1.807) is 0 Å². The van der Waals surface area contributed by atoms with Gasteiger partial charge in [0.2, 0.25) is 5.95 Å². The van der Waals surface area contributed by atoms with Gasteiger partial charge in [-0.1, -0.05) is 36.4 Å². The molecule has 3 aromatic rings. The normalized spacial score (nSPS) is 15.6. The van der Waals surface area contributed by atoms with Gasteiger partial charge in [-0.3, -0.25) is 0 Å². The van der Waals surface area contributed by atoms with Gasteiger partial charge in [0, 0.05) is 24.8 Å². The monoisotopic (exact) mass is 302 g/mol. The molecule has 0 bridgehead atoms. The number of hydrogen-bond acceptors (Lipinski definition) is 3. The van der Waals surface area contributed by atoms with Gasteiger partial charge in [-0.15, -0.1) is 0 Å². The van der Waals surface area contributed by atoms with E-state index in [1.807, 2.05) is 12.3 Å². The molecule has 2 heterocycles. The molecule has 23 heavy (non-hydrogen) atoms. The minimum Gasteiger partial charge on any atom is -0.341 e. The highest BCUT2D eigenvalue weighted by Crippen LogP contribution is 2.24. The molecule has 3 nitrogen and oxygen atoms in total. The van der Waals surface area contributed by atoms with Crippen molar-refractivity contribution in [1.82, 2.24) is 9.97 Å². The Morgan fingerprint density at radius 2 is 1.78 bits per heavy atom. The molecular formula is C20H20N3. The summed E-state index contributed by atoms with van der Waals surface area (Å²) in [7, 11) is 0. The molecule has 0 unspecified atom stereocenters. The first-order valence-electron chi connectivity index (χ1n) is 8.29. The molecule has 1 aromatic heterocycles. The smallest absolute Gasteiger partial charge is 0.225 e. The molecule has 3 heteroatoms. The van der Waals surface area contributed by atoms with Gasteiger partial charge in [-0.2, -0.15) is 0 Å². The summed E-state index contributed by atoms with van der Waals surface area (Å²) < 4.78 is 0. The van der Waals surface area contributed by atoms with Gasteiger partial charge in [0.25, 0.3) is 0 Å². The van der Waals surface area contributed by atoms with Crippen LogP contribution in [0.1, 0.15) is 19.3 Å².